The van der Waals surface area contributed by atoms with Crippen molar-refractivity contribution in [2.75, 3.05) is 13.2 Å². The normalized spacial score (nSPS) is 14.8. The number of aromatic nitrogens is 1. The van der Waals surface area contributed by atoms with Crippen molar-refractivity contribution in [1.29, 1.82) is 0 Å². The van der Waals surface area contributed by atoms with E-state index in [9.17, 15) is 4.79 Å². The molecule has 1 aliphatic heterocycles. The van der Waals surface area contributed by atoms with Crippen LogP contribution >= 0.6 is 0 Å². The highest BCUT2D eigenvalue weighted by Gasteiger charge is 2.22. The first-order valence-corrected chi connectivity index (χ1v) is 7.14. The first-order valence-electron chi connectivity index (χ1n) is 7.14. The molecule has 0 spiro atoms. The Morgan fingerprint density at radius 3 is 2.60 bits per heavy atom. The molecule has 20 heavy (non-hydrogen) atoms. The number of ether oxygens (including phenoxy) is 1. The van der Waals surface area contributed by atoms with Crippen molar-refractivity contribution < 1.29 is 9.53 Å². The first-order chi connectivity index (χ1) is 9.63. The molecule has 0 unspecified atom stereocenters. The number of hydrogen-bond donors (Lipinski definition) is 0. The van der Waals surface area contributed by atoms with E-state index in [1.54, 1.807) is 0 Å². The van der Waals surface area contributed by atoms with Crippen molar-refractivity contribution in [3.63, 3.8) is 0 Å². The number of esters is 1. The Morgan fingerprint density at radius 1 is 1.25 bits per heavy atom. The molecule has 0 saturated heterocycles. The summed E-state index contributed by atoms with van der Waals surface area (Å²) in [6.45, 7) is 7.44. The Hall–Kier alpha value is -1.81. The van der Waals surface area contributed by atoms with Crippen LogP contribution in [0.15, 0.2) is 18.3 Å². The third-order valence-corrected chi connectivity index (χ3v) is 4.04. The van der Waals surface area contributed by atoms with Crippen LogP contribution in [0.2, 0.25) is 0 Å². The molecule has 3 rings (SSSR count). The van der Waals surface area contributed by atoms with Gasteiger partial charge in [0.2, 0.25) is 0 Å². The van der Waals surface area contributed by atoms with Crippen molar-refractivity contribution >= 4 is 16.9 Å². The van der Waals surface area contributed by atoms with Gasteiger partial charge in [-0.3, -0.25) is 4.90 Å². The molecular weight excluding hydrogens is 252 g/mol. The van der Waals surface area contributed by atoms with E-state index in [0.29, 0.717) is 12.2 Å². The lowest BCUT2D eigenvalue weighted by Gasteiger charge is -2.09. The average molecular weight is 272 g/mol. The van der Waals surface area contributed by atoms with Gasteiger partial charge in [0.05, 0.1) is 12.2 Å². The van der Waals surface area contributed by atoms with Gasteiger partial charge in [-0.25, -0.2) is 4.79 Å². The largest absolute Gasteiger partial charge is 0.462 e. The van der Waals surface area contributed by atoms with Gasteiger partial charge in [-0.2, -0.15) is 0 Å². The minimum atomic E-state index is -0.233. The maximum absolute atomic E-state index is 12.0. The summed E-state index contributed by atoms with van der Waals surface area (Å²) < 4.78 is 7.16. The molecule has 0 bridgehead atoms. The molecule has 0 aliphatic carbocycles. The molecule has 0 radical (unpaired) electrons. The van der Waals surface area contributed by atoms with E-state index < -0.39 is 0 Å². The Balaban J connectivity index is 2.10. The number of nitrogens with zero attached hydrogens (tertiary/aromatic N) is 2. The second-order valence-electron chi connectivity index (χ2n) is 5.32. The minimum absolute atomic E-state index is 0.233. The number of aryl methyl sites for hydroxylation is 1. The maximum atomic E-state index is 12.0. The molecule has 1 aliphatic rings. The van der Waals surface area contributed by atoms with Gasteiger partial charge < -0.3 is 9.30 Å². The lowest BCUT2D eigenvalue weighted by atomic mass is 10.1. The first kappa shape index (κ1) is 13.2. The Bertz CT molecular complexity index is 673. The number of carbonyl (C=O) groups excluding carboxylic acids is 1. The molecule has 2 heterocycles. The smallest absolute Gasteiger partial charge is 0.340 e. The molecule has 0 atom stereocenters. The highest BCUT2D eigenvalue weighted by atomic mass is 16.5. The second-order valence-corrected chi connectivity index (χ2v) is 5.32. The number of benzene rings is 1. The number of hydrogen-bond acceptors (Lipinski definition) is 3. The van der Waals surface area contributed by atoms with E-state index >= 15 is 0 Å². The summed E-state index contributed by atoms with van der Waals surface area (Å²) >= 11 is 0. The quantitative estimate of drug-likeness (QED) is 0.806. The Morgan fingerprint density at radius 2 is 1.95 bits per heavy atom. The van der Waals surface area contributed by atoms with Gasteiger partial charge in [0.15, 0.2) is 0 Å². The predicted octanol–water partition coefficient (Wildman–Crippen LogP) is 2.69. The summed E-state index contributed by atoms with van der Waals surface area (Å²) in [7, 11) is 1.98. The molecule has 106 valence electrons. The summed E-state index contributed by atoms with van der Waals surface area (Å²) in [5, 5.41) is 1.00. The summed E-state index contributed by atoms with van der Waals surface area (Å²) in [5.41, 5.74) is 4.47. The fraction of sp³-hybridized carbons (Fsp3) is 0.438. The fourth-order valence-electron chi connectivity index (χ4n) is 2.94. The van der Waals surface area contributed by atoms with Gasteiger partial charge in [-0.15, -0.1) is 0 Å². The molecule has 1 aromatic heterocycles. The lowest BCUT2D eigenvalue weighted by Crippen LogP contribution is -2.14. The average Bonchev–Trinajstić information content (AvgIpc) is 2.98. The molecule has 4 nitrogen and oxygen atoms in total. The maximum Gasteiger partial charge on any atom is 0.340 e. The van der Waals surface area contributed by atoms with Crippen molar-refractivity contribution in [2.45, 2.75) is 26.9 Å². The van der Waals surface area contributed by atoms with Crippen molar-refractivity contribution in [1.82, 2.24) is 9.47 Å². The highest BCUT2D eigenvalue weighted by Crippen LogP contribution is 2.30. The van der Waals surface area contributed by atoms with Crippen molar-refractivity contribution in [3.8, 4) is 0 Å². The monoisotopic (exact) mass is 272 g/mol. The van der Waals surface area contributed by atoms with E-state index in [1.807, 2.05) is 24.7 Å². The molecular formula is C16H20N2O2. The van der Waals surface area contributed by atoms with Gasteiger partial charge in [0.1, 0.15) is 0 Å². The highest BCUT2D eigenvalue weighted by molar-refractivity contribution is 6.04. The predicted molar refractivity (Wildman–Crippen MR) is 78.7 cm³/mol. The van der Waals surface area contributed by atoms with E-state index in [4.69, 9.17) is 4.74 Å². The minimum Gasteiger partial charge on any atom is -0.462 e. The van der Waals surface area contributed by atoms with E-state index in [0.717, 1.165) is 30.5 Å². The van der Waals surface area contributed by atoms with E-state index in [2.05, 4.69) is 24.0 Å². The number of rotatable bonds is 3. The van der Waals surface area contributed by atoms with Crippen LogP contribution in [0.25, 0.3) is 10.9 Å². The fourth-order valence-corrected chi connectivity index (χ4v) is 2.94. The molecule has 0 amide bonds. The Kier molecular flexibility index (Phi) is 3.26. The molecule has 1 aromatic carbocycles. The van der Waals surface area contributed by atoms with Crippen LogP contribution in [0.1, 0.15) is 35.3 Å². The van der Waals surface area contributed by atoms with E-state index in [-0.39, 0.29) is 5.97 Å². The van der Waals surface area contributed by atoms with Crippen LogP contribution in [-0.2, 0) is 24.9 Å². The van der Waals surface area contributed by atoms with Crippen LogP contribution < -0.4 is 0 Å². The SMILES string of the molecule is CCOC(=O)c1cn(C)c2cc3c(cc12)CN(CC)C3. The third-order valence-electron chi connectivity index (χ3n) is 4.04. The topological polar surface area (TPSA) is 34.5 Å². The Labute approximate surface area is 118 Å². The van der Waals surface area contributed by atoms with Gasteiger partial charge in [-0.1, -0.05) is 6.92 Å². The third kappa shape index (κ3) is 2.00. The molecule has 4 heteroatoms. The van der Waals surface area contributed by atoms with Gasteiger partial charge in [-0.05, 0) is 36.7 Å². The molecule has 0 N–H and O–H groups in total. The number of carbonyl (C=O) groups is 1. The van der Waals surface area contributed by atoms with Gasteiger partial charge in [0, 0.05) is 37.2 Å². The van der Waals surface area contributed by atoms with Crippen molar-refractivity contribution in [3.05, 3.63) is 35.0 Å². The summed E-state index contributed by atoms with van der Waals surface area (Å²) in [6.07, 6.45) is 1.87. The number of fused-ring (bicyclic) bond motifs is 2. The zero-order valence-corrected chi connectivity index (χ0v) is 12.3. The summed E-state index contributed by atoms with van der Waals surface area (Å²) in [5.74, 6) is -0.233. The summed E-state index contributed by atoms with van der Waals surface area (Å²) in [6, 6.07) is 4.37. The standard InChI is InChI=1S/C16H20N2O2/c1-4-18-8-11-6-13-14(16(19)20-5-2)10-17(3)15(13)7-12(11)9-18/h6-7,10H,4-5,8-9H2,1-3H3. The van der Waals surface area contributed by atoms with Crippen LogP contribution in [0.5, 0.6) is 0 Å². The van der Waals surface area contributed by atoms with E-state index in [1.165, 1.54) is 11.1 Å². The van der Waals surface area contributed by atoms with Crippen LogP contribution in [0.4, 0.5) is 0 Å². The van der Waals surface area contributed by atoms with Gasteiger partial charge in [0.25, 0.3) is 0 Å². The zero-order chi connectivity index (χ0) is 14.3. The van der Waals surface area contributed by atoms with Gasteiger partial charge >= 0.3 is 5.97 Å². The van der Waals surface area contributed by atoms with Crippen LogP contribution in [-0.4, -0.2) is 28.6 Å². The summed E-state index contributed by atoms with van der Waals surface area (Å²) in [4.78, 5) is 14.4. The molecule has 0 fully saturated rings. The van der Waals surface area contributed by atoms with Crippen LogP contribution in [0.3, 0.4) is 0 Å². The lowest BCUT2D eigenvalue weighted by molar-refractivity contribution is 0.0528. The zero-order valence-electron chi connectivity index (χ0n) is 12.3. The molecule has 0 saturated carbocycles. The van der Waals surface area contributed by atoms with Crippen molar-refractivity contribution in [2.24, 2.45) is 7.05 Å². The van der Waals surface area contributed by atoms with Crippen LogP contribution in [0, 0.1) is 0 Å². The second kappa shape index (κ2) is 4.94. The molecule has 2 aromatic rings.